The predicted molar refractivity (Wildman–Crippen MR) is 242 cm³/mol. The van der Waals surface area contributed by atoms with Crippen molar-refractivity contribution < 1.29 is 14.4 Å². The third-order valence-electron chi connectivity index (χ3n) is 12.3. The molecule has 0 N–H and O–H groups in total. The predicted octanol–water partition coefficient (Wildman–Crippen LogP) is 14.2. The molecule has 0 unspecified atom stereocenters. The van der Waals surface area contributed by atoms with E-state index >= 15 is 0 Å². The molecule has 0 aromatic heterocycles. The summed E-state index contributed by atoms with van der Waals surface area (Å²) in [6.07, 6.45) is 46.9. The Kier molecular flexibility index (Phi) is 36.4. The standard InChI is InChI=1S/C20H39NO.C18H35NO.C12H23NO/c1-2-3-4-5-6-7-8-9-10-11-12-13-14-15-18-21-19-16-17-20(21)22;1-2-3-4-5-6-7-8-9-10-11-12-13-16-19-17-14-15-18(19)20;1-11(2)7-4-3-5-9-13-10-6-8-12(13)14/h2-19H2,1H3;2-17H2,1H3;11H,3-10H2,1-2H3. The third kappa shape index (κ3) is 31.4. The summed E-state index contributed by atoms with van der Waals surface area (Å²) in [5.41, 5.74) is 0. The molecule has 330 valence electrons. The van der Waals surface area contributed by atoms with E-state index in [0.717, 1.165) is 83.7 Å². The lowest BCUT2D eigenvalue weighted by atomic mass is 10.0. The van der Waals surface area contributed by atoms with Crippen LogP contribution in [0, 0.1) is 5.92 Å². The molecule has 3 amide bonds. The van der Waals surface area contributed by atoms with Gasteiger partial charge in [0, 0.05) is 58.5 Å². The molecule has 0 saturated carbocycles. The van der Waals surface area contributed by atoms with Gasteiger partial charge in [0.25, 0.3) is 0 Å². The number of unbranched alkanes of at least 4 members (excludes halogenated alkanes) is 26. The Hall–Kier alpha value is -1.59. The highest BCUT2D eigenvalue weighted by atomic mass is 16.2. The molecule has 3 aliphatic heterocycles. The van der Waals surface area contributed by atoms with E-state index in [2.05, 4.69) is 37.5 Å². The van der Waals surface area contributed by atoms with Gasteiger partial charge in [0.1, 0.15) is 0 Å². The molecule has 0 aromatic carbocycles. The molecule has 0 bridgehead atoms. The van der Waals surface area contributed by atoms with Gasteiger partial charge < -0.3 is 14.7 Å². The summed E-state index contributed by atoms with van der Waals surface area (Å²) in [6, 6.07) is 0. The van der Waals surface area contributed by atoms with Gasteiger partial charge in [0.15, 0.2) is 0 Å². The largest absolute Gasteiger partial charge is 0.343 e. The Bertz CT molecular complexity index is 908. The summed E-state index contributed by atoms with van der Waals surface area (Å²) in [6.45, 7) is 15.1. The zero-order valence-corrected chi connectivity index (χ0v) is 38.3. The van der Waals surface area contributed by atoms with E-state index in [9.17, 15) is 14.4 Å². The molecule has 3 aliphatic rings. The number of amides is 3. The van der Waals surface area contributed by atoms with E-state index in [1.54, 1.807) is 0 Å². The molecule has 3 heterocycles. The SMILES string of the molecule is CC(C)CCCCCN1CCCC1=O.CCCCCCCCCCCCCCCCN1CCCC1=O.CCCCCCCCCCCCCCN1CCCC1=O. The van der Waals surface area contributed by atoms with Crippen molar-refractivity contribution in [3.63, 3.8) is 0 Å². The van der Waals surface area contributed by atoms with Gasteiger partial charge in [-0.3, -0.25) is 14.4 Å². The van der Waals surface area contributed by atoms with Crippen LogP contribution in [0.15, 0.2) is 0 Å². The summed E-state index contributed by atoms with van der Waals surface area (Å²) >= 11 is 0. The first-order valence-electron chi connectivity index (χ1n) is 25.2. The van der Waals surface area contributed by atoms with E-state index in [1.165, 1.54) is 193 Å². The molecule has 0 atom stereocenters. The average molecular weight is 788 g/mol. The highest BCUT2D eigenvalue weighted by Crippen LogP contribution is 2.17. The molecule has 3 rings (SSSR count). The fraction of sp³-hybridized carbons (Fsp3) is 0.940. The quantitative estimate of drug-likeness (QED) is 0.0610. The van der Waals surface area contributed by atoms with Crippen LogP contribution >= 0.6 is 0 Å². The molecule has 3 saturated heterocycles. The molecule has 0 radical (unpaired) electrons. The number of carbonyl (C=O) groups excluding carboxylic acids is 3. The van der Waals surface area contributed by atoms with E-state index in [1.807, 2.05) is 4.90 Å². The van der Waals surface area contributed by atoms with Gasteiger partial charge in [-0.15, -0.1) is 0 Å². The van der Waals surface area contributed by atoms with Gasteiger partial charge in [-0.2, -0.15) is 0 Å². The number of likely N-dealkylation sites (tertiary alicyclic amines) is 3. The van der Waals surface area contributed by atoms with Crippen molar-refractivity contribution in [3.05, 3.63) is 0 Å². The fourth-order valence-corrected chi connectivity index (χ4v) is 8.49. The number of carbonyl (C=O) groups is 3. The normalized spacial score (nSPS) is 15.6. The summed E-state index contributed by atoms with van der Waals surface area (Å²) in [4.78, 5) is 40.3. The molecule has 0 aliphatic carbocycles. The van der Waals surface area contributed by atoms with Crippen LogP contribution in [-0.2, 0) is 14.4 Å². The third-order valence-corrected chi connectivity index (χ3v) is 12.3. The van der Waals surface area contributed by atoms with Crippen molar-refractivity contribution in [2.24, 2.45) is 5.92 Å². The Balaban J connectivity index is 0.000000430. The van der Waals surface area contributed by atoms with Crippen molar-refractivity contribution in [2.75, 3.05) is 39.3 Å². The summed E-state index contributed by atoms with van der Waals surface area (Å²) in [5, 5.41) is 0. The van der Waals surface area contributed by atoms with E-state index in [-0.39, 0.29) is 0 Å². The van der Waals surface area contributed by atoms with Gasteiger partial charge >= 0.3 is 0 Å². The maximum absolute atomic E-state index is 11.5. The minimum atomic E-state index is 0.369. The molecule has 6 nitrogen and oxygen atoms in total. The van der Waals surface area contributed by atoms with Crippen molar-refractivity contribution in [1.82, 2.24) is 14.7 Å². The van der Waals surface area contributed by atoms with Crippen LogP contribution in [0.3, 0.4) is 0 Å². The van der Waals surface area contributed by atoms with Gasteiger partial charge in [-0.1, -0.05) is 201 Å². The maximum atomic E-state index is 11.5. The van der Waals surface area contributed by atoms with E-state index in [4.69, 9.17) is 0 Å². The first-order chi connectivity index (χ1) is 27.4. The zero-order chi connectivity index (χ0) is 40.7. The lowest BCUT2D eigenvalue weighted by Gasteiger charge is -2.15. The summed E-state index contributed by atoms with van der Waals surface area (Å²) in [5.74, 6) is 1.96. The first kappa shape index (κ1) is 52.4. The lowest BCUT2D eigenvalue weighted by molar-refractivity contribution is -0.128. The summed E-state index contributed by atoms with van der Waals surface area (Å²) in [7, 11) is 0. The second-order valence-corrected chi connectivity index (χ2v) is 18.2. The number of rotatable bonds is 34. The fourth-order valence-electron chi connectivity index (χ4n) is 8.49. The number of hydrogen-bond donors (Lipinski definition) is 0. The Morgan fingerprint density at radius 3 is 0.804 bits per heavy atom. The van der Waals surface area contributed by atoms with Gasteiger partial charge in [-0.05, 0) is 44.4 Å². The van der Waals surface area contributed by atoms with Crippen molar-refractivity contribution >= 4 is 17.7 Å². The molecule has 0 aromatic rings. The van der Waals surface area contributed by atoms with Crippen LogP contribution < -0.4 is 0 Å². The van der Waals surface area contributed by atoms with Gasteiger partial charge in [0.2, 0.25) is 17.7 Å². The highest BCUT2D eigenvalue weighted by molar-refractivity contribution is 5.78. The van der Waals surface area contributed by atoms with Crippen LogP contribution in [0.1, 0.15) is 259 Å². The minimum absolute atomic E-state index is 0.369. The number of nitrogens with zero attached hydrogens (tertiary/aromatic N) is 3. The van der Waals surface area contributed by atoms with Crippen LogP contribution in [0.4, 0.5) is 0 Å². The molecule has 0 spiro atoms. The van der Waals surface area contributed by atoms with Crippen molar-refractivity contribution in [1.29, 1.82) is 0 Å². The molecule has 6 heteroatoms. The molecular weight excluding hydrogens is 691 g/mol. The smallest absolute Gasteiger partial charge is 0.222 e. The van der Waals surface area contributed by atoms with Crippen LogP contribution in [-0.4, -0.2) is 71.7 Å². The summed E-state index contributed by atoms with van der Waals surface area (Å²) < 4.78 is 0. The van der Waals surface area contributed by atoms with Crippen molar-refractivity contribution in [2.45, 2.75) is 259 Å². The van der Waals surface area contributed by atoms with Crippen LogP contribution in [0.2, 0.25) is 0 Å². The van der Waals surface area contributed by atoms with Crippen LogP contribution in [0.5, 0.6) is 0 Å². The second-order valence-electron chi connectivity index (χ2n) is 18.2. The van der Waals surface area contributed by atoms with Crippen LogP contribution in [0.25, 0.3) is 0 Å². The van der Waals surface area contributed by atoms with Crippen molar-refractivity contribution in [3.8, 4) is 0 Å². The van der Waals surface area contributed by atoms with Gasteiger partial charge in [-0.25, -0.2) is 0 Å². The highest BCUT2D eigenvalue weighted by Gasteiger charge is 2.20. The molecule has 56 heavy (non-hydrogen) atoms. The Labute approximate surface area is 349 Å². The monoisotopic (exact) mass is 788 g/mol. The number of hydrogen-bond acceptors (Lipinski definition) is 3. The first-order valence-corrected chi connectivity index (χ1v) is 25.2. The van der Waals surface area contributed by atoms with E-state index in [0.29, 0.717) is 17.7 Å². The topological polar surface area (TPSA) is 60.9 Å². The Morgan fingerprint density at radius 1 is 0.357 bits per heavy atom. The van der Waals surface area contributed by atoms with Gasteiger partial charge in [0.05, 0.1) is 0 Å². The zero-order valence-electron chi connectivity index (χ0n) is 38.3. The average Bonchev–Trinajstić information content (AvgIpc) is 3.93. The molecular formula is C50H97N3O3. The Morgan fingerprint density at radius 2 is 0.589 bits per heavy atom. The molecule has 3 fully saturated rings. The lowest BCUT2D eigenvalue weighted by Crippen LogP contribution is -2.25. The maximum Gasteiger partial charge on any atom is 0.222 e. The van der Waals surface area contributed by atoms with E-state index < -0.39 is 0 Å². The second kappa shape index (κ2) is 38.9. The minimum Gasteiger partial charge on any atom is -0.343 e.